The minimum absolute atomic E-state index is 0.0721. The van der Waals surface area contributed by atoms with Crippen molar-refractivity contribution in [2.24, 2.45) is 0 Å². The van der Waals surface area contributed by atoms with Crippen LogP contribution in [0.4, 0.5) is 0 Å². The first-order chi connectivity index (χ1) is 14.5. The van der Waals surface area contributed by atoms with Crippen LogP contribution in [0.5, 0.6) is 0 Å². The van der Waals surface area contributed by atoms with Crippen LogP contribution in [0.15, 0.2) is 42.5 Å². The Labute approximate surface area is 180 Å². The second-order valence-corrected chi connectivity index (χ2v) is 6.15. The zero-order valence-corrected chi connectivity index (χ0v) is 19.2. The van der Waals surface area contributed by atoms with Gasteiger partial charge in [0.25, 0.3) is 5.91 Å². The lowest BCUT2D eigenvalue weighted by atomic mass is 10.0. The molecule has 166 valence electrons. The van der Waals surface area contributed by atoms with Gasteiger partial charge in [-0.05, 0) is 36.1 Å². The van der Waals surface area contributed by atoms with Gasteiger partial charge in [0.15, 0.2) is 0 Å². The normalized spacial score (nSPS) is 10.5. The van der Waals surface area contributed by atoms with Crippen molar-refractivity contribution in [1.29, 1.82) is 0 Å². The van der Waals surface area contributed by atoms with Crippen LogP contribution in [0.3, 0.4) is 0 Å². The topological polar surface area (TPSA) is 87.3 Å². The first kappa shape index (κ1) is 27.1. The number of benzene rings is 2. The van der Waals surface area contributed by atoms with Crippen LogP contribution in [0.25, 0.3) is 10.8 Å². The molecular formula is C24H37N3O3. The van der Waals surface area contributed by atoms with E-state index in [1.54, 1.807) is 13.1 Å². The number of hydrogen-bond donors (Lipinski definition) is 3. The smallest absolute Gasteiger partial charge is 0.252 e. The van der Waals surface area contributed by atoms with Gasteiger partial charge in [-0.1, -0.05) is 64.1 Å². The molecule has 6 heteroatoms. The van der Waals surface area contributed by atoms with Crippen LogP contribution in [0, 0.1) is 0 Å². The summed E-state index contributed by atoms with van der Waals surface area (Å²) in [6.45, 7) is 10.0. The summed E-state index contributed by atoms with van der Waals surface area (Å²) in [7, 11) is 1.55. The number of nitrogens with one attached hydrogen (secondary N) is 3. The fraction of sp³-hybridized carbons (Fsp3) is 0.458. The maximum absolute atomic E-state index is 12.7. The lowest BCUT2D eigenvalue weighted by Crippen LogP contribution is -2.45. The molecule has 2 aromatic carbocycles. The highest BCUT2D eigenvalue weighted by molar-refractivity contribution is 6.08. The van der Waals surface area contributed by atoms with Crippen molar-refractivity contribution in [2.75, 3.05) is 13.6 Å². The van der Waals surface area contributed by atoms with E-state index in [1.807, 2.05) is 64.1 Å². The SMILES string of the molecule is CC.CC.CNC(=O)C(CCCCNC(C)=O)NC(=O)c1cccc2ccccc12. The number of hydrogen-bond acceptors (Lipinski definition) is 3. The molecule has 3 N–H and O–H groups in total. The molecular weight excluding hydrogens is 378 g/mol. The molecule has 0 spiro atoms. The highest BCUT2D eigenvalue weighted by Crippen LogP contribution is 2.18. The minimum atomic E-state index is -0.608. The second kappa shape index (κ2) is 16.0. The molecule has 0 aromatic heterocycles. The van der Waals surface area contributed by atoms with E-state index in [-0.39, 0.29) is 17.7 Å². The third-order valence-corrected chi connectivity index (χ3v) is 4.20. The Hall–Kier alpha value is -2.89. The van der Waals surface area contributed by atoms with Crippen molar-refractivity contribution in [3.63, 3.8) is 0 Å². The molecule has 0 fully saturated rings. The maximum Gasteiger partial charge on any atom is 0.252 e. The van der Waals surface area contributed by atoms with E-state index in [0.717, 1.165) is 17.2 Å². The number of carbonyl (C=O) groups is 3. The Morgan fingerprint density at radius 3 is 2.17 bits per heavy atom. The van der Waals surface area contributed by atoms with Gasteiger partial charge < -0.3 is 16.0 Å². The Kier molecular flexibility index (Phi) is 14.4. The summed E-state index contributed by atoms with van der Waals surface area (Å²) >= 11 is 0. The van der Waals surface area contributed by atoms with Gasteiger partial charge >= 0.3 is 0 Å². The summed E-state index contributed by atoms with van der Waals surface area (Å²) in [4.78, 5) is 35.7. The Morgan fingerprint density at radius 2 is 1.53 bits per heavy atom. The van der Waals surface area contributed by atoms with E-state index in [0.29, 0.717) is 24.9 Å². The van der Waals surface area contributed by atoms with Gasteiger partial charge in [-0.15, -0.1) is 0 Å². The summed E-state index contributed by atoms with van der Waals surface area (Å²) in [5, 5.41) is 9.99. The van der Waals surface area contributed by atoms with Crippen LogP contribution in [0.1, 0.15) is 64.2 Å². The third-order valence-electron chi connectivity index (χ3n) is 4.20. The van der Waals surface area contributed by atoms with Crippen molar-refractivity contribution in [3.05, 3.63) is 48.0 Å². The highest BCUT2D eigenvalue weighted by atomic mass is 16.2. The summed E-state index contributed by atoms with van der Waals surface area (Å²) in [5.41, 5.74) is 0.551. The molecule has 6 nitrogen and oxygen atoms in total. The van der Waals surface area contributed by atoms with E-state index in [2.05, 4.69) is 16.0 Å². The van der Waals surface area contributed by atoms with Gasteiger partial charge in [-0.2, -0.15) is 0 Å². The van der Waals surface area contributed by atoms with Crippen LogP contribution >= 0.6 is 0 Å². The average molecular weight is 416 g/mol. The van der Waals surface area contributed by atoms with Crippen LogP contribution in [-0.2, 0) is 9.59 Å². The van der Waals surface area contributed by atoms with Crippen molar-refractivity contribution < 1.29 is 14.4 Å². The van der Waals surface area contributed by atoms with E-state index in [4.69, 9.17) is 0 Å². The molecule has 0 aliphatic carbocycles. The molecule has 0 saturated carbocycles. The lowest BCUT2D eigenvalue weighted by Gasteiger charge is -2.18. The molecule has 2 aromatic rings. The van der Waals surface area contributed by atoms with Crippen LogP contribution in [0.2, 0.25) is 0 Å². The molecule has 3 amide bonds. The monoisotopic (exact) mass is 415 g/mol. The van der Waals surface area contributed by atoms with Crippen LogP contribution < -0.4 is 16.0 Å². The van der Waals surface area contributed by atoms with Crippen molar-refractivity contribution in [2.45, 2.75) is 59.9 Å². The molecule has 0 aliphatic heterocycles. The number of fused-ring (bicyclic) bond motifs is 1. The summed E-state index contributed by atoms with van der Waals surface area (Å²) in [5.74, 6) is -0.563. The molecule has 2 rings (SSSR count). The summed E-state index contributed by atoms with van der Waals surface area (Å²) < 4.78 is 0. The summed E-state index contributed by atoms with van der Waals surface area (Å²) in [6, 6.07) is 12.6. The number of likely N-dealkylation sites (N-methyl/N-ethyl adjacent to an activating group) is 1. The molecule has 1 atom stereocenters. The van der Waals surface area contributed by atoms with Crippen LogP contribution in [-0.4, -0.2) is 37.4 Å². The molecule has 0 radical (unpaired) electrons. The van der Waals surface area contributed by atoms with E-state index in [9.17, 15) is 14.4 Å². The van der Waals surface area contributed by atoms with E-state index >= 15 is 0 Å². The maximum atomic E-state index is 12.7. The van der Waals surface area contributed by atoms with Gasteiger partial charge in [-0.25, -0.2) is 0 Å². The Bertz CT molecular complexity index is 785. The highest BCUT2D eigenvalue weighted by Gasteiger charge is 2.21. The van der Waals surface area contributed by atoms with Gasteiger partial charge in [0.05, 0.1) is 0 Å². The molecule has 0 bridgehead atoms. The first-order valence-electron chi connectivity index (χ1n) is 10.8. The predicted molar refractivity (Wildman–Crippen MR) is 124 cm³/mol. The number of rotatable bonds is 8. The zero-order chi connectivity index (χ0) is 22.9. The van der Waals surface area contributed by atoms with Gasteiger partial charge in [-0.3, -0.25) is 14.4 Å². The quantitative estimate of drug-likeness (QED) is 0.569. The third kappa shape index (κ3) is 9.07. The largest absolute Gasteiger partial charge is 0.357 e. The summed E-state index contributed by atoms with van der Waals surface area (Å²) in [6.07, 6.45) is 1.97. The standard InChI is InChI=1S/C20H25N3O3.2C2H6/c1-14(24)22-13-6-5-12-18(20(26)21-2)23-19(25)17-11-7-9-15-8-3-4-10-16(15)17;2*1-2/h3-4,7-11,18H,5-6,12-13H2,1-2H3,(H,21,26)(H,22,24)(H,23,25);2*1-2H3. The van der Waals surface area contributed by atoms with Gasteiger partial charge in [0.1, 0.15) is 6.04 Å². The van der Waals surface area contributed by atoms with Crippen molar-refractivity contribution in [1.82, 2.24) is 16.0 Å². The Morgan fingerprint density at radius 1 is 0.900 bits per heavy atom. The predicted octanol–water partition coefficient (Wildman–Crippen LogP) is 4.04. The van der Waals surface area contributed by atoms with Crippen molar-refractivity contribution in [3.8, 4) is 0 Å². The molecule has 0 saturated heterocycles. The molecule has 0 aliphatic rings. The molecule has 1 unspecified atom stereocenters. The number of unbranched alkanes of at least 4 members (excludes halogenated alkanes) is 1. The van der Waals surface area contributed by atoms with E-state index < -0.39 is 6.04 Å². The van der Waals surface area contributed by atoms with Gasteiger partial charge in [0, 0.05) is 26.1 Å². The Balaban J connectivity index is 0.00000198. The average Bonchev–Trinajstić information content (AvgIpc) is 2.79. The number of amides is 3. The fourth-order valence-electron chi connectivity index (χ4n) is 2.84. The minimum Gasteiger partial charge on any atom is -0.357 e. The first-order valence-corrected chi connectivity index (χ1v) is 10.8. The second-order valence-electron chi connectivity index (χ2n) is 6.15. The number of carbonyl (C=O) groups excluding carboxylic acids is 3. The lowest BCUT2D eigenvalue weighted by molar-refractivity contribution is -0.122. The molecule has 0 heterocycles. The zero-order valence-electron chi connectivity index (χ0n) is 19.2. The van der Waals surface area contributed by atoms with Gasteiger partial charge in [0.2, 0.25) is 11.8 Å². The fourth-order valence-corrected chi connectivity index (χ4v) is 2.84. The van der Waals surface area contributed by atoms with Crippen molar-refractivity contribution >= 4 is 28.5 Å². The van der Waals surface area contributed by atoms with E-state index in [1.165, 1.54) is 6.92 Å². The molecule has 30 heavy (non-hydrogen) atoms.